The van der Waals surface area contributed by atoms with Gasteiger partial charge in [-0.15, -0.1) is 0 Å². The van der Waals surface area contributed by atoms with Gasteiger partial charge in [0.1, 0.15) is 12.0 Å². The van der Waals surface area contributed by atoms with E-state index in [0.717, 1.165) is 24.5 Å². The fraction of sp³-hybridized carbons (Fsp3) is 0.692. The molecule has 84 valence electrons. The Morgan fingerprint density at radius 1 is 1.40 bits per heavy atom. The Kier molecular flexibility index (Phi) is 3.03. The van der Waals surface area contributed by atoms with Crippen molar-refractivity contribution in [2.24, 2.45) is 5.92 Å². The molecule has 2 rings (SSSR count). The third kappa shape index (κ3) is 3.61. The van der Waals surface area contributed by atoms with Crippen molar-refractivity contribution in [2.45, 2.75) is 51.7 Å². The van der Waals surface area contributed by atoms with E-state index in [0.29, 0.717) is 0 Å². The number of hydrogen-bond acceptors (Lipinski definition) is 2. The molecule has 0 saturated heterocycles. The van der Waals surface area contributed by atoms with Gasteiger partial charge in [-0.1, -0.05) is 12.2 Å². The third-order valence-electron chi connectivity index (χ3n) is 2.74. The van der Waals surface area contributed by atoms with Crippen molar-refractivity contribution in [1.29, 1.82) is 0 Å². The molecular weight excluding hydrogens is 188 g/mol. The average Bonchev–Trinajstić information content (AvgIpc) is 2.91. The van der Waals surface area contributed by atoms with E-state index in [9.17, 15) is 0 Å². The van der Waals surface area contributed by atoms with Gasteiger partial charge in [0.2, 0.25) is 5.79 Å². The molecule has 2 heteroatoms. The van der Waals surface area contributed by atoms with Crippen molar-refractivity contribution in [2.75, 3.05) is 0 Å². The molecule has 0 radical (unpaired) electrons. The first-order valence-electron chi connectivity index (χ1n) is 5.86. The standard InChI is InChI=1S/C13H20O2/c1-13(2)14-10-12(15-13)7-5-3-4-6-11-8-9-11/h3-4,10-11H,5-9H2,1-2H3. The Morgan fingerprint density at radius 2 is 2.20 bits per heavy atom. The number of allylic oxidation sites excluding steroid dienone is 3. The normalized spacial score (nSPS) is 23.7. The van der Waals surface area contributed by atoms with Gasteiger partial charge in [-0.2, -0.15) is 0 Å². The molecule has 1 fully saturated rings. The number of hydrogen-bond donors (Lipinski definition) is 0. The maximum Gasteiger partial charge on any atom is 0.244 e. The first-order chi connectivity index (χ1) is 7.16. The molecule has 0 amide bonds. The predicted molar refractivity (Wildman–Crippen MR) is 60.0 cm³/mol. The Bertz CT molecular complexity index is 272. The predicted octanol–water partition coefficient (Wildman–Crippen LogP) is 3.75. The number of rotatable bonds is 5. The molecule has 1 aliphatic heterocycles. The summed E-state index contributed by atoms with van der Waals surface area (Å²) in [6.45, 7) is 3.86. The summed E-state index contributed by atoms with van der Waals surface area (Å²) in [6, 6.07) is 0. The summed E-state index contributed by atoms with van der Waals surface area (Å²) >= 11 is 0. The molecule has 1 aliphatic carbocycles. The highest BCUT2D eigenvalue weighted by Crippen LogP contribution is 2.32. The molecule has 0 atom stereocenters. The Morgan fingerprint density at radius 3 is 2.80 bits per heavy atom. The summed E-state index contributed by atoms with van der Waals surface area (Å²) < 4.78 is 10.9. The molecule has 1 saturated carbocycles. The Labute approximate surface area is 92.0 Å². The van der Waals surface area contributed by atoms with Crippen LogP contribution in [0.1, 0.15) is 46.0 Å². The molecule has 0 N–H and O–H groups in total. The topological polar surface area (TPSA) is 18.5 Å². The van der Waals surface area contributed by atoms with Crippen molar-refractivity contribution in [3.63, 3.8) is 0 Å². The van der Waals surface area contributed by atoms with E-state index >= 15 is 0 Å². The van der Waals surface area contributed by atoms with Crippen LogP contribution in [0.3, 0.4) is 0 Å². The molecule has 0 spiro atoms. The first-order valence-corrected chi connectivity index (χ1v) is 5.86. The molecular formula is C13H20O2. The van der Waals surface area contributed by atoms with Crippen LogP contribution in [0.5, 0.6) is 0 Å². The summed E-state index contributed by atoms with van der Waals surface area (Å²) in [5, 5.41) is 0. The van der Waals surface area contributed by atoms with Crippen LogP contribution in [0, 0.1) is 5.92 Å². The van der Waals surface area contributed by atoms with E-state index < -0.39 is 5.79 Å². The van der Waals surface area contributed by atoms with Crippen molar-refractivity contribution >= 4 is 0 Å². The van der Waals surface area contributed by atoms with Gasteiger partial charge in [0.05, 0.1) is 0 Å². The summed E-state index contributed by atoms with van der Waals surface area (Å²) in [5.74, 6) is 1.51. The second-order valence-corrected chi connectivity index (χ2v) is 4.89. The van der Waals surface area contributed by atoms with E-state index in [1.165, 1.54) is 19.3 Å². The van der Waals surface area contributed by atoms with Gasteiger partial charge in [0.25, 0.3) is 0 Å². The highest BCUT2D eigenvalue weighted by Gasteiger charge is 2.26. The van der Waals surface area contributed by atoms with Gasteiger partial charge in [-0.3, -0.25) is 0 Å². The van der Waals surface area contributed by atoms with Crippen LogP contribution < -0.4 is 0 Å². The Balaban J connectivity index is 1.59. The molecule has 2 nitrogen and oxygen atoms in total. The van der Waals surface area contributed by atoms with Crippen molar-refractivity contribution in [3.8, 4) is 0 Å². The molecule has 0 aromatic rings. The largest absolute Gasteiger partial charge is 0.457 e. The highest BCUT2D eigenvalue weighted by molar-refractivity contribution is 4.98. The second-order valence-electron chi connectivity index (χ2n) is 4.89. The van der Waals surface area contributed by atoms with E-state index in [-0.39, 0.29) is 0 Å². The summed E-state index contributed by atoms with van der Waals surface area (Å²) in [4.78, 5) is 0. The van der Waals surface area contributed by atoms with E-state index in [1.54, 1.807) is 6.26 Å². The molecule has 0 aromatic heterocycles. The second kappa shape index (κ2) is 4.30. The minimum Gasteiger partial charge on any atom is -0.457 e. The number of ether oxygens (including phenoxy) is 2. The third-order valence-corrected chi connectivity index (χ3v) is 2.74. The first kappa shape index (κ1) is 10.6. The lowest BCUT2D eigenvalue weighted by atomic mass is 10.2. The SMILES string of the molecule is CC1(C)OC=C(CCC=CCC2CC2)O1. The minimum absolute atomic E-state index is 0.451. The van der Waals surface area contributed by atoms with Crippen LogP contribution in [0.15, 0.2) is 24.2 Å². The summed E-state index contributed by atoms with van der Waals surface area (Å²) in [6.07, 6.45) is 12.4. The smallest absolute Gasteiger partial charge is 0.244 e. The maximum absolute atomic E-state index is 5.59. The maximum atomic E-state index is 5.59. The summed E-state index contributed by atoms with van der Waals surface area (Å²) in [7, 11) is 0. The summed E-state index contributed by atoms with van der Waals surface area (Å²) in [5.41, 5.74) is 0. The molecule has 2 aliphatic rings. The van der Waals surface area contributed by atoms with Gasteiger partial charge in [-0.25, -0.2) is 0 Å². The zero-order chi connectivity index (χ0) is 10.7. The molecule has 15 heavy (non-hydrogen) atoms. The molecule has 0 unspecified atom stereocenters. The fourth-order valence-electron chi connectivity index (χ4n) is 1.67. The van der Waals surface area contributed by atoms with Crippen LogP contribution in [0.4, 0.5) is 0 Å². The van der Waals surface area contributed by atoms with Crippen molar-refractivity contribution in [1.82, 2.24) is 0 Å². The average molecular weight is 208 g/mol. The van der Waals surface area contributed by atoms with E-state index in [2.05, 4.69) is 12.2 Å². The fourth-order valence-corrected chi connectivity index (χ4v) is 1.67. The van der Waals surface area contributed by atoms with Gasteiger partial charge in [0, 0.05) is 20.3 Å². The van der Waals surface area contributed by atoms with E-state index in [1.807, 2.05) is 13.8 Å². The van der Waals surface area contributed by atoms with Crippen LogP contribution in [-0.4, -0.2) is 5.79 Å². The minimum atomic E-state index is -0.451. The van der Waals surface area contributed by atoms with Gasteiger partial charge < -0.3 is 9.47 Å². The zero-order valence-corrected chi connectivity index (χ0v) is 9.66. The van der Waals surface area contributed by atoms with Crippen LogP contribution in [-0.2, 0) is 9.47 Å². The Hall–Kier alpha value is -0.920. The zero-order valence-electron chi connectivity index (χ0n) is 9.66. The molecule has 0 aromatic carbocycles. The highest BCUT2D eigenvalue weighted by atomic mass is 16.7. The lowest BCUT2D eigenvalue weighted by Crippen LogP contribution is -2.20. The van der Waals surface area contributed by atoms with Crippen molar-refractivity contribution < 1.29 is 9.47 Å². The van der Waals surface area contributed by atoms with Gasteiger partial charge >= 0.3 is 0 Å². The van der Waals surface area contributed by atoms with Gasteiger partial charge in [-0.05, 0) is 31.6 Å². The monoisotopic (exact) mass is 208 g/mol. The van der Waals surface area contributed by atoms with Crippen LogP contribution >= 0.6 is 0 Å². The quantitative estimate of drug-likeness (QED) is 0.641. The lowest BCUT2D eigenvalue weighted by molar-refractivity contribution is -0.117. The van der Waals surface area contributed by atoms with E-state index in [4.69, 9.17) is 9.47 Å². The van der Waals surface area contributed by atoms with Crippen LogP contribution in [0.25, 0.3) is 0 Å². The van der Waals surface area contributed by atoms with Gasteiger partial charge in [0.15, 0.2) is 0 Å². The molecule has 0 bridgehead atoms. The van der Waals surface area contributed by atoms with Crippen molar-refractivity contribution in [3.05, 3.63) is 24.2 Å². The van der Waals surface area contributed by atoms with Crippen LogP contribution in [0.2, 0.25) is 0 Å². The lowest BCUT2D eigenvalue weighted by Gasteiger charge is -2.17. The molecule has 1 heterocycles.